The van der Waals surface area contributed by atoms with Crippen LogP contribution in [0.2, 0.25) is 0 Å². The number of hydrogen-bond acceptors (Lipinski definition) is 3. The van der Waals surface area contributed by atoms with Gasteiger partial charge in [0.25, 0.3) is 0 Å². The molecule has 0 bridgehead atoms. The average molecular weight is 236 g/mol. The van der Waals surface area contributed by atoms with E-state index in [-0.39, 0.29) is 0 Å². The molecule has 0 fully saturated rings. The highest BCUT2D eigenvalue weighted by molar-refractivity contribution is 5.33. The molecule has 1 unspecified atom stereocenters. The maximum atomic E-state index is 5.57. The topological polar surface area (TPSA) is 47.3 Å². The molecule has 0 saturated carbocycles. The van der Waals surface area contributed by atoms with Crippen LogP contribution >= 0.6 is 0 Å². The molecule has 0 aliphatic carbocycles. The van der Waals surface area contributed by atoms with Gasteiger partial charge in [-0.2, -0.15) is 0 Å². The van der Waals surface area contributed by atoms with Crippen LogP contribution in [-0.2, 0) is 6.42 Å². The van der Waals surface area contributed by atoms with Crippen molar-refractivity contribution in [3.8, 4) is 5.75 Å². The van der Waals surface area contributed by atoms with E-state index < -0.39 is 0 Å². The second-order valence-electron chi connectivity index (χ2n) is 4.44. The number of ether oxygens (including phenoxy) is 1. The standard InChI is InChI=1S/C14H24N2O/c1-12(11-15)7-9-16-10-8-13-5-3-4-6-14(13)17-2/h3-6,12,16H,7-11,15H2,1-2H3. The van der Waals surface area contributed by atoms with Gasteiger partial charge >= 0.3 is 0 Å². The number of para-hydroxylation sites is 1. The third-order valence-electron chi connectivity index (χ3n) is 2.98. The SMILES string of the molecule is COc1ccccc1CCNCCC(C)CN. The molecule has 96 valence electrons. The Morgan fingerprint density at radius 2 is 2.06 bits per heavy atom. The van der Waals surface area contributed by atoms with Crippen molar-refractivity contribution in [2.24, 2.45) is 11.7 Å². The van der Waals surface area contributed by atoms with Crippen LogP contribution in [0.3, 0.4) is 0 Å². The van der Waals surface area contributed by atoms with Gasteiger partial charge in [0, 0.05) is 0 Å². The first-order valence-corrected chi connectivity index (χ1v) is 6.30. The number of hydrogen-bond donors (Lipinski definition) is 2. The lowest BCUT2D eigenvalue weighted by Crippen LogP contribution is -2.22. The Bertz CT molecular complexity index is 315. The molecule has 3 N–H and O–H groups in total. The minimum absolute atomic E-state index is 0.605. The Morgan fingerprint density at radius 3 is 2.76 bits per heavy atom. The zero-order valence-electron chi connectivity index (χ0n) is 10.9. The van der Waals surface area contributed by atoms with Crippen LogP contribution in [0.15, 0.2) is 24.3 Å². The molecule has 0 aromatic heterocycles. The van der Waals surface area contributed by atoms with E-state index in [0.717, 1.165) is 38.2 Å². The summed E-state index contributed by atoms with van der Waals surface area (Å²) in [6.07, 6.45) is 2.14. The molecule has 1 atom stereocenters. The van der Waals surface area contributed by atoms with Gasteiger partial charge in [0.05, 0.1) is 7.11 Å². The van der Waals surface area contributed by atoms with E-state index in [4.69, 9.17) is 10.5 Å². The van der Waals surface area contributed by atoms with E-state index in [0.29, 0.717) is 5.92 Å². The Labute approximate surface area is 104 Å². The second-order valence-corrected chi connectivity index (χ2v) is 4.44. The summed E-state index contributed by atoms with van der Waals surface area (Å²) in [5.74, 6) is 1.58. The summed E-state index contributed by atoms with van der Waals surface area (Å²) in [4.78, 5) is 0. The van der Waals surface area contributed by atoms with Crippen LogP contribution in [0.5, 0.6) is 5.75 Å². The third-order valence-corrected chi connectivity index (χ3v) is 2.98. The summed E-state index contributed by atoms with van der Waals surface area (Å²) in [5, 5.41) is 3.44. The summed E-state index contributed by atoms with van der Waals surface area (Å²) in [7, 11) is 1.72. The normalized spacial score (nSPS) is 12.4. The minimum Gasteiger partial charge on any atom is -0.496 e. The quantitative estimate of drug-likeness (QED) is 0.677. The Hall–Kier alpha value is -1.06. The first-order valence-electron chi connectivity index (χ1n) is 6.30. The van der Waals surface area contributed by atoms with Gasteiger partial charge in [0.15, 0.2) is 0 Å². The Morgan fingerprint density at radius 1 is 1.29 bits per heavy atom. The molecule has 17 heavy (non-hydrogen) atoms. The van der Waals surface area contributed by atoms with E-state index in [9.17, 15) is 0 Å². The fourth-order valence-corrected chi connectivity index (χ4v) is 1.72. The first kappa shape index (κ1) is 14.0. The molecule has 1 aromatic carbocycles. The summed E-state index contributed by atoms with van der Waals surface area (Å²) < 4.78 is 5.31. The van der Waals surface area contributed by atoms with Gasteiger partial charge in [-0.1, -0.05) is 25.1 Å². The van der Waals surface area contributed by atoms with Crippen LogP contribution in [0.1, 0.15) is 18.9 Å². The number of methoxy groups -OCH3 is 1. The van der Waals surface area contributed by atoms with Gasteiger partial charge in [0.2, 0.25) is 0 Å². The van der Waals surface area contributed by atoms with Crippen molar-refractivity contribution < 1.29 is 4.74 Å². The van der Waals surface area contributed by atoms with E-state index in [1.165, 1.54) is 5.56 Å². The highest BCUT2D eigenvalue weighted by Crippen LogP contribution is 2.17. The molecule has 0 amide bonds. The molecule has 1 aromatic rings. The van der Waals surface area contributed by atoms with Gasteiger partial charge in [-0.3, -0.25) is 0 Å². The lowest BCUT2D eigenvalue weighted by molar-refractivity contribution is 0.409. The lowest BCUT2D eigenvalue weighted by atomic mass is 10.1. The zero-order valence-corrected chi connectivity index (χ0v) is 10.9. The lowest BCUT2D eigenvalue weighted by Gasteiger charge is -2.10. The van der Waals surface area contributed by atoms with Gasteiger partial charge in [0.1, 0.15) is 5.75 Å². The fourth-order valence-electron chi connectivity index (χ4n) is 1.72. The summed E-state index contributed by atoms with van der Waals surface area (Å²) in [6, 6.07) is 8.17. The molecule has 3 heteroatoms. The monoisotopic (exact) mass is 236 g/mol. The summed E-state index contributed by atoms with van der Waals surface area (Å²) >= 11 is 0. The smallest absolute Gasteiger partial charge is 0.122 e. The van der Waals surface area contributed by atoms with Gasteiger partial charge in [-0.05, 0) is 50.0 Å². The van der Waals surface area contributed by atoms with Crippen molar-refractivity contribution in [3.63, 3.8) is 0 Å². The number of rotatable bonds is 8. The highest BCUT2D eigenvalue weighted by atomic mass is 16.5. The molecule has 0 aliphatic rings. The molecule has 0 spiro atoms. The van der Waals surface area contributed by atoms with Crippen molar-refractivity contribution in [1.82, 2.24) is 5.32 Å². The molecular weight excluding hydrogens is 212 g/mol. The molecule has 3 nitrogen and oxygen atoms in total. The number of nitrogens with two attached hydrogens (primary N) is 1. The zero-order chi connectivity index (χ0) is 12.5. The van der Waals surface area contributed by atoms with Crippen molar-refractivity contribution >= 4 is 0 Å². The van der Waals surface area contributed by atoms with Crippen molar-refractivity contribution in [3.05, 3.63) is 29.8 Å². The molecule has 0 aliphatic heterocycles. The van der Waals surface area contributed by atoms with E-state index in [1.807, 2.05) is 18.2 Å². The minimum atomic E-state index is 0.605. The van der Waals surface area contributed by atoms with Crippen molar-refractivity contribution in [2.45, 2.75) is 19.8 Å². The first-order chi connectivity index (χ1) is 8.27. The van der Waals surface area contributed by atoms with Crippen LogP contribution in [0.4, 0.5) is 0 Å². The van der Waals surface area contributed by atoms with Crippen LogP contribution < -0.4 is 15.8 Å². The predicted octanol–water partition coefficient (Wildman–Crippen LogP) is 1.81. The molecule has 0 heterocycles. The van der Waals surface area contributed by atoms with E-state index in [1.54, 1.807) is 7.11 Å². The Kier molecular flexibility index (Phi) is 6.67. The number of benzene rings is 1. The third kappa shape index (κ3) is 5.20. The van der Waals surface area contributed by atoms with Crippen LogP contribution in [0, 0.1) is 5.92 Å². The van der Waals surface area contributed by atoms with Gasteiger partial charge in [-0.25, -0.2) is 0 Å². The van der Waals surface area contributed by atoms with E-state index >= 15 is 0 Å². The van der Waals surface area contributed by atoms with Gasteiger partial charge in [-0.15, -0.1) is 0 Å². The maximum Gasteiger partial charge on any atom is 0.122 e. The molecule has 1 rings (SSSR count). The largest absolute Gasteiger partial charge is 0.496 e. The summed E-state index contributed by atoms with van der Waals surface area (Å²) in [6.45, 7) is 4.97. The molecule has 0 saturated heterocycles. The fraction of sp³-hybridized carbons (Fsp3) is 0.571. The average Bonchev–Trinajstić information content (AvgIpc) is 2.38. The van der Waals surface area contributed by atoms with E-state index in [2.05, 4.69) is 18.3 Å². The highest BCUT2D eigenvalue weighted by Gasteiger charge is 2.01. The van der Waals surface area contributed by atoms with Crippen LogP contribution in [-0.4, -0.2) is 26.7 Å². The predicted molar refractivity (Wildman–Crippen MR) is 72.4 cm³/mol. The molecule has 0 radical (unpaired) electrons. The summed E-state index contributed by atoms with van der Waals surface area (Å²) in [5.41, 5.74) is 6.83. The Balaban J connectivity index is 2.22. The van der Waals surface area contributed by atoms with Crippen molar-refractivity contribution in [1.29, 1.82) is 0 Å². The number of nitrogens with one attached hydrogen (secondary N) is 1. The maximum absolute atomic E-state index is 5.57. The van der Waals surface area contributed by atoms with Gasteiger partial charge < -0.3 is 15.8 Å². The molecular formula is C14H24N2O. The van der Waals surface area contributed by atoms with Crippen LogP contribution in [0.25, 0.3) is 0 Å². The second kappa shape index (κ2) is 8.09. The van der Waals surface area contributed by atoms with Crippen molar-refractivity contribution in [2.75, 3.05) is 26.7 Å².